The number of hydrogen-bond donors (Lipinski definition) is 1. The van der Waals surface area contributed by atoms with Crippen molar-refractivity contribution in [2.75, 3.05) is 0 Å². The molecule has 0 aromatic heterocycles. The number of nitrogens with one attached hydrogen (secondary N) is 1. The second-order valence-corrected chi connectivity index (χ2v) is 6.15. The monoisotopic (exact) mass is 279 g/mol. The third-order valence-corrected chi connectivity index (χ3v) is 4.53. The van der Waals surface area contributed by atoms with E-state index in [-0.39, 0.29) is 0 Å². The summed E-state index contributed by atoms with van der Waals surface area (Å²) in [5.41, 5.74) is 2.82. The van der Waals surface area contributed by atoms with Gasteiger partial charge in [0.2, 0.25) is 0 Å². The Kier molecular flexibility index (Phi) is 5.07. The fraction of sp³-hybridized carbons (Fsp3) is 0.400. The number of rotatable bonds is 5. The minimum Gasteiger partial charge on any atom is -0.307 e. The summed E-state index contributed by atoms with van der Waals surface area (Å²) in [6, 6.07) is 22.9. The van der Waals surface area contributed by atoms with Crippen molar-refractivity contribution < 1.29 is 0 Å². The maximum absolute atomic E-state index is 3.92. The van der Waals surface area contributed by atoms with E-state index in [2.05, 4.69) is 66.0 Å². The zero-order valence-electron chi connectivity index (χ0n) is 12.7. The Morgan fingerprint density at radius 2 is 1.43 bits per heavy atom. The normalized spacial score (nSPS) is 17.5. The Hall–Kier alpha value is -1.60. The van der Waals surface area contributed by atoms with Crippen LogP contribution in [0.5, 0.6) is 0 Å². The molecule has 1 aliphatic rings. The molecule has 0 radical (unpaired) electrons. The average Bonchev–Trinajstić information content (AvgIpc) is 2.57. The van der Waals surface area contributed by atoms with Gasteiger partial charge in [0.25, 0.3) is 0 Å². The van der Waals surface area contributed by atoms with Gasteiger partial charge >= 0.3 is 0 Å². The van der Waals surface area contributed by atoms with E-state index in [0.29, 0.717) is 12.1 Å². The first-order valence-corrected chi connectivity index (χ1v) is 8.27. The molecule has 1 atom stereocenters. The molecule has 3 rings (SSSR count). The van der Waals surface area contributed by atoms with Gasteiger partial charge in [-0.05, 0) is 30.4 Å². The molecule has 0 amide bonds. The lowest BCUT2D eigenvalue weighted by Gasteiger charge is -2.29. The lowest BCUT2D eigenvalue weighted by Crippen LogP contribution is -2.35. The van der Waals surface area contributed by atoms with Crippen LogP contribution >= 0.6 is 0 Å². The molecule has 21 heavy (non-hydrogen) atoms. The highest BCUT2D eigenvalue weighted by molar-refractivity contribution is 5.24. The van der Waals surface area contributed by atoms with E-state index in [9.17, 15) is 0 Å². The maximum Gasteiger partial charge on any atom is 0.0363 e. The Bertz CT molecular complexity index is 514. The van der Waals surface area contributed by atoms with Crippen LogP contribution in [0.3, 0.4) is 0 Å². The molecule has 0 aliphatic heterocycles. The van der Waals surface area contributed by atoms with E-state index in [1.54, 1.807) is 0 Å². The van der Waals surface area contributed by atoms with E-state index in [0.717, 1.165) is 6.42 Å². The van der Waals surface area contributed by atoms with Crippen molar-refractivity contribution >= 4 is 0 Å². The van der Waals surface area contributed by atoms with Gasteiger partial charge in [-0.3, -0.25) is 0 Å². The molecule has 1 heteroatoms. The molecule has 0 spiro atoms. The quantitative estimate of drug-likeness (QED) is 0.821. The lowest BCUT2D eigenvalue weighted by atomic mass is 9.92. The van der Waals surface area contributed by atoms with Crippen LogP contribution < -0.4 is 5.32 Å². The van der Waals surface area contributed by atoms with Crippen molar-refractivity contribution in [2.24, 2.45) is 0 Å². The van der Waals surface area contributed by atoms with Crippen molar-refractivity contribution in [1.82, 2.24) is 5.32 Å². The van der Waals surface area contributed by atoms with Gasteiger partial charge in [-0.2, -0.15) is 0 Å². The summed E-state index contributed by atoms with van der Waals surface area (Å²) in [5, 5.41) is 3.92. The molecule has 0 unspecified atom stereocenters. The van der Waals surface area contributed by atoms with Crippen LogP contribution in [0.2, 0.25) is 0 Å². The van der Waals surface area contributed by atoms with Crippen molar-refractivity contribution in [1.29, 1.82) is 0 Å². The van der Waals surface area contributed by atoms with E-state index < -0.39 is 0 Å². The molecule has 110 valence electrons. The molecule has 1 nitrogen and oxygen atoms in total. The maximum atomic E-state index is 3.92. The zero-order valence-corrected chi connectivity index (χ0v) is 12.7. The summed E-state index contributed by atoms with van der Waals surface area (Å²) in [6.07, 6.45) is 7.90. The highest BCUT2D eigenvalue weighted by atomic mass is 14.9. The molecule has 2 aromatic carbocycles. The summed E-state index contributed by atoms with van der Waals surface area (Å²) in [4.78, 5) is 0. The fourth-order valence-electron chi connectivity index (χ4n) is 3.36. The Balaban J connectivity index is 1.74. The predicted octanol–water partition coefficient (Wildman–Crippen LogP) is 4.89. The van der Waals surface area contributed by atoms with Crippen LogP contribution in [0.25, 0.3) is 0 Å². The molecule has 0 heterocycles. The molecule has 1 N–H and O–H groups in total. The Morgan fingerprint density at radius 1 is 0.810 bits per heavy atom. The molecule has 1 saturated carbocycles. The van der Waals surface area contributed by atoms with Crippen molar-refractivity contribution in [3.05, 3.63) is 71.8 Å². The largest absolute Gasteiger partial charge is 0.307 e. The van der Waals surface area contributed by atoms with Gasteiger partial charge in [0.15, 0.2) is 0 Å². The SMILES string of the molecule is c1ccc(C[C@H](NC2CCCCC2)c2ccccc2)cc1. The van der Waals surface area contributed by atoms with Crippen LogP contribution in [0.4, 0.5) is 0 Å². The van der Waals surface area contributed by atoms with E-state index in [4.69, 9.17) is 0 Å². The Labute approximate surface area is 128 Å². The van der Waals surface area contributed by atoms with Gasteiger partial charge in [-0.1, -0.05) is 79.9 Å². The van der Waals surface area contributed by atoms with Gasteiger partial charge in [-0.25, -0.2) is 0 Å². The molecule has 0 bridgehead atoms. The number of benzene rings is 2. The average molecular weight is 279 g/mol. The Morgan fingerprint density at radius 3 is 2.10 bits per heavy atom. The zero-order chi connectivity index (χ0) is 14.3. The van der Waals surface area contributed by atoms with Gasteiger partial charge in [0, 0.05) is 12.1 Å². The highest BCUT2D eigenvalue weighted by Crippen LogP contribution is 2.24. The smallest absolute Gasteiger partial charge is 0.0363 e. The van der Waals surface area contributed by atoms with Gasteiger partial charge < -0.3 is 5.32 Å². The van der Waals surface area contributed by atoms with Gasteiger partial charge in [-0.15, -0.1) is 0 Å². The van der Waals surface area contributed by atoms with Gasteiger partial charge in [0.1, 0.15) is 0 Å². The predicted molar refractivity (Wildman–Crippen MR) is 89.3 cm³/mol. The third-order valence-electron chi connectivity index (χ3n) is 4.53. The van der Waals surface area contributed by atoms with E-state index in [1.165, 1.54) is 43.2 Å². The summed E-state index contributed by atoms with van der Waals surface area (Å²) < 4.78 is 0. The second-order valence-electron chi connectivity index (χ2n) is 6.15. The summed E-state index contributed by atoms with van der Waals surface area (Å²) in [6.45, 7) is 0. The molecule has 2 aromatic rings. The molecular weight excluding hydrogens is 254 g/mol. The van der Waals surface area contributed by atoms with Crippen molar-refractivity contribution in [2.45, 2.75) is 50.6 Å². The molecular formula is C20H25N. The topological polar surface area (TPSA) is 12.0 Å². The van der Waals surface area contributed by atoms with E-state index >= 15 is 0 Å². The highest BCUT2D eigenvalue weighted by Gasteiger charge is 2.19. The number of hydrogen-bond acceptors (Lipinski definition) is 1. The first kappa shape index (κ1) is 14.3. The molecule has 1 fully saturated rings. The summed E-state index contributed by atoms with van der Waals surface area (Å²) in [7, 11) is 0. The fourth-order valence-corrected chi connectivity index (χ4v) is 3.36. The summed E-state index contributed by atoms with van der Waals surface area (Å²) in [5.74, 6) is 0. The second kappa shape index (κ2) is 7.42. The van der Waals surface area contributed by atoms with Crippen molar-refractivity contribution in [3.8, 4) is 0 Å². The van der Waals surface area contributed by atoms with Crippen LogP contribution in [-0.2, 0) is 6.42 Å². The van der Waals surface area contributed by atoms with Crippen molar-refractivity contribution in [3.63, 3.8) is 0 Å². The van der Waals surface area contributed by atoms with Gasteiger partial charge in [0.05, 0.1) is 0 Å². The lowest BCUT2D eigenvalue weighted by molar-refractivity contribution is 0.337. The minimum atomic E-state index is 0.428. The first-order valence-electron chi connectivity index (χ1n) is 8.27. The van der Waals surface area contributed by atoms with Crippen LogP contribution in [0.1, 0.15) is 49.3 Å². The van der Waals surface area contributed by atoms with Crippen LogP contribution in [0.15, 0.2) is 60.7 Å². The molecule has 0 saturated heterocycles. The molecule has 1 aliphatic carbocycles. The first-order chi connectivity index (χ1) is 10.4. The third kappa shape index (κ3) is 4.18. The minimum absolute atomic E-state index is 0.428. The summed E-state index contributed by atoms with van der Waals surface area (Å²) >= 11 is 0. The van der Waals surface area contributed by atoms with Crippen LogP contribution in [0, 0.1) is 0 Å². The van der Waals surface area contributed by atoms with Crippen LogP contribution in [-0.4, -0.2) is 6.04 Å². The van der Waals surface area contributed by atoms with E-state index in [1.807, 2.05) is 0 Å². The standard InChI is InChI=1S/C20H25N/c1-4-10-17(11-5-1)16-20(18-12-6-2-7-13-18)21-19-14-8-3-9-15-19/h1-2,4-7,10-13,19-21H,3,8-9,14-16H2/t20-/m0/s1.